The van der Waals surface area contributed by atoms with Gasteiger partial charge in [0.2, 0.25) is 0 Å². The number of hydrogen-bond donors (Lipinski definition) is 1. The largest absolute Gasteiger partial charge is 0.444 e. The lowest BCUT2D eigenvalue weighted by Crippen LogP contribution is -2.29. The van der Waals surface area contributed by atoms with Crippen LogP contribution in [-0.4, -0.2) is 16.9 Å². The van der Waals surface area contributed by atoms with E-state index >= 15 is 0 Å². The molecule has 3 rings (SSSR count). The van der Waals surface area contributed by atoms with E-state index in [0.717, 1.165) is 24.0 Å². The summed E-state index contributed by atoms with van der Waals surface area (Å²) in [6.45, 7) is 4.18. The van der Waals surface area contributed by atoms with Gasteiger partial charge in [-0.15, -0.1) is 0 Å². The van der Waals surface area contributed by atoms with Crippen LogP contribution in [0.3, 0.4) is 0 Å². The van der Waals surface area contributed by atoms with Gasteiger partial charge in [0.05, 0.1) is 11.9 Å². The summed E-state index contributed by atoms with van der Waals surface area (Å²) in [7, 11) is 0. The topological polar surface area (TPSA) is 68.3 Å². The molecule has 0 saturated heterocycles. The highest BCUT2D eigenvalue weighted by atomic mass is 16.5. The summed E-state index contributed by atoms with van der Waals surface area (Å²) in [5.41, 5.74) is 2.61. The van der Waals surface area contributed by atoms with Gasteiger partial charge in [-0.2, -0.15) is 0 Å². The zero-order chi connectivity index (χ0) is 18.5. The molecule has 5 nitrogen and oxygen atoms in total. The van der Waals surface area contributed by atoms with Crippen LogP contribution in [0.25, 0.3) is 0 Å². The first-order valence-electron chi connectivity index (χ1n) is 9.00. The van der Waals surface area contributed by atoms with Gasteiger partial charge in [-0.1, -0.05) is 44.2 Å². The number of carbonyl (C=O) groups is 2. The number of Topliss-reactive ketones (excluding diaryl/α,β-unsaturated/α-hetero) is 1. The molecule has 0 radical (unpaired) electrons. The van der Waals surface area contributed by atoms with Crippen LogP contribution in [0.2, 0.25) is 0 Å². The van der Waals surface area contributed by atoms with Gasteiger partial charge in [0, 0.05) is 18.0 Å². The van der Waals surface area contributed by atoms with Crippen molar-refractivity contribution in [1.29, 1.82) is 0 Å². The summed E-state index contributed by atoms with van der Waals surface area (Å²) in [5, 5.41) is 2.81. The van der Waals surface area contributed by atoms with Gasteiger partial charge in [-0.05, 0) is 36.0 Å². The van der Waals surface area contributed by atoms with Crippen LogP contribution in [0.5, 0.6) is 0 Å². The lowest BCUT2D eigenvalue weighted by molar-refractivity contribution is -0.128. The molecule has 1 saturated carbocycles. The molecule has 1 aliphatic rings. The number of nitrogens with zero attached hydrogens (tertiary/aromatic N) is 1. The number of benzene rings is 1. The van der Waals surface area contributed by atoms with E-state index in [0.29, 0.717) is 11.5 Å². The van der Waals surface area contributed by atoms with Crippen LogP contribution in [0, 0.1) is 11.8 Å². The van der Waals surface area contributed by atoms with E-state index < -0.39 is 6.09 Å². The van der Waals surface area contributed by atoms with E-state index in [9.17, 15) is 9.59 Å². The lowest BCUT2D eigenvalue weighted by atomic mass is 9.73. The summed E-state index contributed by atoms with van der Waals surface area (Å²) in [6, 6.07) is 11.5. The molecular weight excluding hydrogens is 328 g/mol. The fourth-order valence-corrected chi connectivity index (χ4v) is 3.66. The monoisotopic (exact) mass is 352 g/mol. The first-order chi connectivity index (χ1) is 12.5. The number of aromatic nitrogens is 1. The molecule has 1 heterocycles. The van der Waals surface area contributed by atoms with Crippen LogP contribution in [0.4, 0.5) is 10.5 Å². The van der Waals surface area contributed by atoms with Crippen molar-refractivity contribution < 1.29 is 14.3 Å². The molecule has 2 aromatic rings. The fraction of sp³-hybridized carbons (Fsp3) is 0.381. The Kier molecular flexibility index (Phi) is 5.66. The molecule has 1 aromatic heterocycles. The molecule has 1 aromatic carbocycles. The predicted molar refractivity (Wildman–Crippen MR) is 99.8 cm³/mol. The van der Waals surface area contributed by atoms with Gasteiger partial charge in [0.1, 0.15) is 12.4 Å². The Morgan fingerprint density at radius 2 is 1.85 bits per heavy atom. The maximum absolute atomic E-state index is 12.2. The number of carbonyl (C=O) groups excluding carboxylic acids is 2. The minimum atomic E-state index is -0.504. The second-order valence-corrected chi connectivity index (χ2v) is 7.02. The second-order valence-electron chi connectivity index (χ2n) is 7.02. The van der Waals surface area contributed by atoms with Crippen molar-refractivity contribution in [2.24, 2.45) is 11.8 Å². The Balaban J connectivity index is 1.67. The van der Waals surface area contributed by atoms with Crippen molar-refractivity contribution in [2.45, 2.75) is 39.2 Å². The van der Waals surface area contributed by atoms with E-state index in [2.05, 4.69) is 10.3 Å². The minimum Gasteiger partial charge on any atom is -0.444 e. The van der Waals surface area contributed by atoms with Gasteiger partial charge < -0.3 is 4.74 Å². The average Bonchev–Trinajstić information content (AvgIpc) is 2.65. The molecule has 3 atom stereocenters. The molecule has 5 heteroatoms. The van der Waals surface area contributed by atoms with Crippen LogP contribution in [0.15, 0.2) is 48.8 Å². The predicted octanol–water partition coefficient (Wildman–Crippen LogP) is 4.55. The third-order valence-electron chi connectivity index (χ3n) is 4.99. The molecular formula is C21H24N2O3. The van der Waals surface area contributed by atoms with Gasteiger partial charge in [-0.3, -0.25) is 15.1 Å². The first-order valence-corrected chi connectivity index (χ1v) is 9.00. The number of pyridine rings is 1. The van der Waals surface area contributed by atoms with Crippen LogP contribution >= 0.6 is 0 Å². The Labute approximate surface area is 153 Å². The van der Waals surface area contributed by atoms with E-state index in [4.69, 9.17) is 4.74 Å². The molecule has 1 amide bonds. The Morgan fingerprint density at radius 1 is 1.15 bits per heavy atom. The molecule has 1 aliphatic carbocycles. The SMILES string of the molecule is C[C@@H]1CC(c2ccncc2NC(=O)OCc2ccccc2)C[C@H](C)C1=O. The van der Waals surface area contributed by atoms with Crippen molar-refractivity contribution in [2.75, 3.05) is 5.32 Å². The lowest BCUT2D eigenvalue weighted by Gasteiger charge is -2.31. The first kappa shape index (κ1) is 18.1. The third-order valence-corrected chi connectivity index (χ3v) is 4.99. The van der Waals surface area contributed by atoms with Gasteiger partial charge in [-0.25, -0.2) is 4.79 Å². The summed E-state index contributed by atoms with van der Waals surface area (Å²) >= 11 is 0. The molecule has 0 bridgehead atoms. The number of rotatable bonds is 4. The zero-order valence-corrected chi connectivity index (χ0v) is 15.1. The molecule has 136 valence electrons. The molecule has 1 fully saturated rings. The molecule has 26 heavy (non-hydrogen) atoms. The number of hydrogen-bond acceptors (Lipinski definition) is 4. The van der Waals surface area contributed by atoms with Crippen LogP contribution < -0.4 is 5.32 Å². The van der Waals surface area contributed by atoms with Crippen molar-refractivity contribution in [3.05, 3.63) is 59.9 Å². The van der Waals surface area contributed by atoms with Gasteiger partial charge >= 0.3 is 6.09 Å². The van der Waals surface area contributed by atoms with Crippen molar-refractivity contribution >= 4 is 17.6 Å². The fourth-order valence-electron chi connectivity index (χ4n) is 3.66. The number of ketones is 1. The number of amides is 1. The van der Waals surface area contributed by atoms with Crippen LogP contribution in [-0.2, 0) is 16.1 Å². The van der Waals surface area contributed by atoms with Crippen molar-refractivity contribution in [1.82, 2.24) is 4.98 Å². The highest BCUT2D eigenvalue weighted by Gasteiger charge is 2.33. The Morgan fingerprint density at radius 3 is 2.54 bits per heavy atom. The number of nitrogens with one attached hydrogen (secondary N) is 1. The van der Waals surface area contributed by atoms with E-state index in [-0.39, 0.29) is 24.4 Å². The van der Waals surface area contributed by atoms with Crippen LogP contribution in [0.1, 0.15) is 43.7 Å². The zero-order valence-electron chi connectivity index (χ0n) is 15.1. The molecule has 0 aliphatic heterocycles. The normalized spacial score (nSPS) is 22.7. The average molecular weight is 352 g/mol. The molecule has 0 spiro atoms. The molecule has 1 N–H and O–H groups in total. The van der Waals surface area contributed by atoms with Crippen molar-refractivity contribution in [3.8, 4) is 0 Å². The third kappa shape index (κ3) is 4.28. The van der Waals surface area contributed by atoms with E-state index in [1.165, 1.54) is 0 Å². The molecule has 1 unspecified atom stereocenters. The van der Waals surface area contributed by atoms with Gasteiger partial charge in [0.25, 0.3) is 0 Å². The summed E-state index contributed by atoms with van der Waals surface area (Å²) < 4.78 is 5.30. The van der Waals surface area contributed by atoms with E-state index in [1.54, 1.807) is 12.4 Å². The summed E-state index contributed by atoms with van der Waals surface area (Å²) in [6.07, 6.45) is 4.45. The Bertz CT molecular complexity index is 762. The van der Waals surface area contributed by atoms with Gasteiger partial charge in [0.15, 0.2) is 0 Å². The maximum Gasteiger partial charge on any atom is 0.412 e. The maximum atomic E-state index is 12.2. The highest BCUT2D eigenvalue weighted by Crippen LogP contribution is 2.39. The van der Waals surface area contributed by atoms with E-state index in [1.807, 2.05) is 50.2 Å². The minimum absolute atomic E-state index is 0.0368. The summed E-state index contributed by atoms with van der Waals surface area (Å²) in [4.78, 5) is 28.4. The second kappa shape index (κ2) is 8.13. The summed E-state index contributed by atoms with van der Waals surface area (Å²) in [5.74, 6) is 0.627. The number of ether oxygens (including phenoxy) is 1. The quantitative estimate of drug-likeness (QED) is 0.876. The van der Waals surface area contributed by atoms with Crippen molar-refractivity contribution in [3.63, 3.8) is 0 Å². The number of anilines is 1. The standard InChI is InChI=1S/C21H24N2O3/c1-14-10-17(11-15(2)20(14)24)18-8-9-22-12-19(18)23-21(25)26-13-16-6-4-3-5-7-16/h3-9,12,14-15,17H,10-11,13H2,1-2H3,(H,23,25)/t14-,15+,17?. The Hall–Kier alpha value is -2.69. The highest BCUT2D eigenvalue weighted by molar-refractivity contribution is 5.86. The smallest absolute Gasteiger partial charge is 0.412 e.